The van der Waals surface area contributed by atoms with E-state index >= 15 is 0 Å². The zero-order valence-corrected chi connectivity index (χ0v) is 14.8. The lowest BCUT2D eigenvalue weighted by Crippen LogP contribution is -2.37. The summed E-state index contributed by atoms with van der Waals surface area (Å²) in [6.45, 7) is 4.88. The van der Waals surface area contributed by atoms with Crippen LogP contribution in [0.25, 0.3) is 0 Å². The number of benzene rings is 2. The minimum Gasteiger partial charge on any atom is -0.386 e. The van der Waals surface area contributed by atoms with Gasteiger partial charge in [-0.1, -0.05) is 60.7 Å². The van der Waals surface area contributed by atoms with Crippen LogP contribution >= 0.6 is 0 Å². The summed E-state index contributed by atoms with van der Waals surface area (Å²) in [5.41, 5.74) is 1.67. The number of carbonyl (C=O) groups excluding carboxylic acids is 1. The summed E-state index contributed by atoms with van der Waals surface area (Å²) in [6, 6.07) is 18.7. The molecule has 1 unspecified atom stereocenters. The molecule has 1 amide bonds. The molecule has 25 heavy (non-hydrogen) atoms. The highest BCUT2D eigenvalue weighted by Crippen LogP contribution is 2.30. The third kappa shape index (κ3) is 4.27. The van der Waals surface area contributed by atoms with E-state index in [9.17, 15) is 9.90 Å². The fourth-order valence-electron chi connectivity index (χ4n) is 3.46. The van der Waals surface area contributed by atoms with Crippen molar-refractivity contribution in [1.29, 1.82) is 0 Å². The first-order valence-electron chi connectivity index (χ1n) is 8.80. The number of aliphatic hydroxyl groups is 1. The maximum absolute atomic E-state index is 12.8. The van der Waals surface area contributed by atoms with Crippen LogP contribution in [-0.2, 0) is 4.79 Å². The first-order chi connectivity index (χ1) is 12.0. The second-order valence-corrected chi connectivity index (χ2v) is 7.42. The quantitative estimate of drug-likeness (QED) is 0.785. The number of rotatable bonds is 5. The van der Waals surface area contributed by atoms with E-state index in [-0.39, 0.29) is 17.4 Å². The molecule has 4 nitrogen and oxygen atoms in total. The average Bonchev–Trinajstić information content (AvgIpc) is 3.00. The Morgan fingerprint density at radius 2 is 1.64 bits per heavy atom. The fourth-order valence-corrected chi connectivity index (χ4v) is 3.46. The van der Waals surface area contributed by atoms with E-state index in [1.807, 2.05) is 60.7 Å². The average molecular weight is 338 g/mol. The lowest BCUT2D eigenvalue weighted by molar-refractivity contribution is -0.126. The van der Waals surface area contributed by atoms with E-state index in [1.54, 1.807) is 0 Å². The van der Waals surface area contributed by atoms with Gasteiger partial charge >= 0.3 is 0 Å². The summed E-state index contributed by atoms with van der Waals surface area (Å²) < 4.78 is 0. The van der Waals surface area contributed by atoms with E-state index in [2.05, 4.69) is 24.5 Å². The number of carbonyl (C=O) groups is 1. The number of nitrogens with one attached hydrogen (secondary N) is 2. The van der Waals surface area contributed by atoms with Gasteiger partial charge in [-0.15, -0.1) is 0 Å². The maximum atomic E-state index is 12.8. The largest absolute Gasteiger partial charge is 0.386 e. The predicted octanol–water partition coefficient (Wildman–Crippen LogP) is 2.97. The third-order valence-corrected chi connectivity index (χ3v) is 4.87. The standard InChI is InChI=1S/C21H26N2O2/c1-21(2)13-17(14-22-21)20(25)23-18(15-9-5-3-6-10-15)19(24)16-11-7-4-8-12-16/h3-12,17-19,22,24H,13-14H2,1-2H3,(H,23,25)/t17?,18-,19+/m1/s1. The second kappa shape index (κ2) is 7.38. The van der Waals surface area contributed by atoms with Gasteiger partial charge in [0.05, 0.1) is 12.0 Å². The van der Waals surface area contributed by atoms with Crippen LogP contribution in [0.1, 0.15) is 43.5 Å². The molecule has 0 aliphatic carbocycles. The minimum absolute atomic E-state index is 0.0121. The third-order valence-electron chi connectivity index (χ3n) is 4.87. The van der Waals surface area contributed by atoms with Crippen molar-refractivity contribution in [1.82, 2.24) is 10.6 Å². The van der Waals surface area contributed by atoms with Crippen LogP contribution in [0.15, 0.2) is 60.7 Å². The van der Waals surface area contributed by atoms with Gasteiger partial charge in [-0.2, -0.15) is 0 Å². The summed E-state index contributed by atoms with van der Waals surface area (Å²) in [4.78, 5) is 12.8. The Morgan fingerprint density at radius 1 is 1.08 bits per heavy atom. The van der Waals surface area contributed by atoms with E-state index < -0.39 is 12.1 Å². The second-order valence-electron chi connectivity index (χ2n) is 7.42. The Bertz CT molecular complexity index is 700. The first-order valence-corrected chi connectivity index (χ1v) is 8.80. The zero-order valence-electron chi connectivity index (χ0n) is 14.8. The van der Waals surface area contributed by atoms with Crippen molar-refractivity contribution in [3.63, 3.8) is 0 Å². The molecule has 1 heterocycles. The molecular formula is C21H26N2O2. The molecule has 2 aromatic rings. The van der Waals surface area contributed by atoms with Gasteiger partial charge < -0.3 is 15.7 Å². The summed E-state index contributed by atoms with van der Waals surface area (Å²) in [6.07, 6.45) is -0.00294. The Labute approximate surface area is 149 Å². The van der Waals surface area contributed by atoms with Gasteiger partial charge in [-0.25, -0.2) is 0 Å². The smallest absolute Gasteiger partial charge is 0.225 e. The number of hydrogen-bond donors (Lipinski definition) is 3. The van der Waals surface area contributed by atoms with E-state index in [0.717, 1.165) is 17.5 Å². The Kier molecular flexibility index (Phi) is 5.21. The molecule has 1 aliphatic heterocycles. The molecule has 1 aliphatic rings. The minimum atomic E-state index is -0.796. The maximum Gasteiger partial charge on any atom is 0.225 e. The Hall–Kier alpha value is -2.17. The van der Waals surface area contributed by atoms with Crippen LogP contribution < -0.4 is 10.6 Å². The monoisotopic (exact) mass is 338 g/mol. The van der Waals surface area contributed by atoms with Crippen molar-refractivity contribution < 1.29 is 9.90 Å². The lowest BCUT2D eigenvalue weighted by Gasteiger charge is -2.26. The van der Waals surface area contributed by atoms with Crippen LogP contribution in [0.4, 0.5) is 0 Å². The molecule has 132 valence electrons. The summed E-state index contributed by atoms with van der Waals surface area (Å²) in [5, 5.41) is 17.4. The van der Waals surface area contributed by atoms with Crippen molar-refractivity contribution in [3.8, 4) is 0 Å². The molecular weight excluding hydrogens is 312 g/mol. The molecule has 3 rings (SSSR count). The summed E-state index contributed by atoms with van der Waals surface area (Å²) in [7, 11) is 0. The van der Waals surface area contributed by atoms with Crippen LogP contribution in [0.5, 0.6) is 0 Å². The van der Waals surface area contributed by atoms with Gasteiger partial charge in [-0.05, 0) is 31.4 Å². The number of amides is 1. The van der Waals surface area contributed by atoms with Gasteiger partial charge in [0.25, 0.3) is 0 Å². The van der Waals surface area contributed by atoms with Crippen molar-refractivity contribution in [3.05, 3.63) is 71.8 Å². The zero-order chi connectivity index (χ0) is 17.9. The van der Waals surface area contributed by atoms with Crippen LogP contribution in [-0.4, -0.2) is 23.1 Å². The van der Waals surface area contributed by atoms with Crippen molar-refractivity contribution in [2.45, 2.75) is 38.0 Å². The Balaban J connectivity index is 1.81. The van der Waals surface area contributed by atoms with Crippen LogP contribution in [0, 0.1) is 5.92 Å². The highest BCUT2D eigenvalue weighted by Gasteiger charge is 2.36. The molecule has 1 fully saturated rings. The number of hydrogen-bond acceptors (Lipinski definition) is 3. The number of aliphatic hydroxyl groups excluding tert-OH is 1. The summed E-state index contributed by atoms with van der Waals surface area (Å²) >= 11 is 0. The Morgan fingerprint density at radius 3 is 2.16 bits per heavy atom. The molecule has 3 N–H and O–H groups in total. The molecule has 4 heteroatoms. The SMILES string of the molecule is CC1(C)CC(C(=O)N[C@H](c2ccccc2)[C@@H](O)c2ccccc2)CN1. The van der Waals surface area contributed by atoms with Gasteiger partial charge in [0.2, 0.25) is 5.91 Å². The molecule has 3 atom stereocenters. The molecule has 1 saturated heterocycles. The first kappa shape index (κ1) is 17.6. The van der Waals surface area contributed by atoms with Gasteiger partial charge in [0.15, 0.2) is 0 Å². The molecule has 0 spiro atoms. The van der Waals surface area contributed by atoms with Gasteiger partial charge in [0, 0.05) is 12.1 Å². The van der Waals surface area contributed by atoms with Crippen LogP contribution in [0.3, 0.4) is 0 Å². The normalized spacial score (nSPS) is 21.5. The highest BCUT2D eigenvalue weighted by atomic mass is 16.3. The lowest BCUT2D eigenvalue weighted by atomic mass is 9.93. The van der Waals surface area contributed by atoms with Crippen molar-refractivity contribution in [2.75, 3.05) is 6.54 Å². The topological polar surface area (TPSA) is 61.4 Å². The molecule has 0 aromatic heterocycles. The molecule has 0 bridgehead atoms. The van der Waals surface area contributed by atoms with Crippen LogP contribution in [0.2, 0.25) is 0 Å². The van der Waals surface area contributed by atoms with E-state index in [4.69, 9.17) is 0 Å². The predicted molar refractivity (Wildman–Crippen MR) is 98.9 cm³/mol. The van der Waals surface area contributed by atoms with Gasteiger partial charge in [-0.3, -0.25) is 4.79 Å². The van der Waals surface area contributed by atoms with Gasteiger partial charge in [0.1, 0.15) is 6.10 Å². The molecule has 2 aromatic carbocycles. The van der Waals surface area contributed by atoms with E-state index in [0.29, 0.717) is 6.54 Å². The molecule has 0 radical (unpaired) electrons. The fraction of sp³-hybridized carbons (Fsp3) is 0.381. The van der Waals surface area contributed by atoms with Crippen molar-refractivity contribution >= 4 is 5.91 Å². The highest BCUT2D eigenvalue weighted by molar-refractivity contribution is 5.80. The van der Waals surface area contributed by atoms with Crippen molar-refractivity contribution in [2.24, 2.45) is 5.92 Å². The van der Waals surface area contributed by atoms with E-state index in [1.165, 1.54) is 0 Å². The summed E-state index contributed by atoms with van der Waals surface area (Å²) in [5.74, 6) is -0.0916. The molecule has 0 saturated carbocycles.